The molecule has 3 nitrogen and oxygen atoms in total. The lowest BCUT2D eigenvalue weighted by atomic mass is 9.83. The standard InChI is InChI=1S/C16H16F4N2O/c1-15(2,9-21-13-4-3-5-14(23)22-13)10-6-11(16(18,19)20)8-12(17)7-10/h3-8H,9H2,1-2H3,(H2,21,22,23). The number of anilines is 1. The summed E-state index contributed by atoms with van der Waals surface area (Å²) in [5.41, 5.74) is -1.88. The fourth-order valence-corrected chi connectivity index (χ4v) is 2.11. The molecule has 0 saturated heterocycles. The van der Waals surface area contributed by atoms with Gasteiger partial charge in [0.1, 0.15) is 11.6 Å². The van der Waals surface area contributed by atoms with Crippen LogP contribution in [-0.2, 0) is 11.6 Å². The van der Waals surface area contributed by atoms with Gasteiger partial charge < -0.3 is 10.3 Å². The highest BCUT2D eigenvalue weighted by Crippen LogP contribution is 2.33. The zero-order valence-corrected chi connectivity index (χ0v) is 12.6. The fraction of sp³-hybridized carbons (Fsp3) is 0.312. The molecule has 0 unspecified atom stereocenters. The smallest absolute Gasteiger partial charge is 0.371 e. The minimum absolute atomic E-state index is 0.216. The first kappa shape index (κ1) is 17.1. The Bertz CT molecular complexity index is 750. The third kappa shape index (κ3) is 4.34. The topological polar surface area (TPSA) is 44.9 Å². The van der Waals surface area contributed by atoms with Crippen molar-refractivity contribution >= 4 is 5.82 Å². The van der Waals surface area contributed by atoms with Crippen LogP contribution in [0.4, 0.5) is 23.4 Å². The zero-order chi connectivity index (χ0) is 17.3. The average Bonchev–Trinajstić information content (AvgIpc) is 2.44. The van der Waals surface area contributed by atoms with E-state index in [0.29, 0.717) is 11.9 Å². The van der Waals surface area contributed by atoms with E-state index in [9.17, 15) is 22.4 Å². The number of halogens is 4. The second kappa shape index (κ2) is 6.06. The maximum Gasteiger partial charge on any atom is 0.416 e. The van der Waals surface area contributed by atoms with Gasteiger partial charge in [-0.1, -0.05) is 19.9 Å². The molecule has 0 saturated carbocycles. The van der Waals surface area contributed by atoms with E-state index >= 15 is 0 Å². The molecule has 7 heteroatoms. The molecule has 1 aromatic carbocycles. The number of rotatable bonds is 4. The van der Waals surface area contributed by atoms with Crippen molar-refractivity contribution in [1.82, 2.24) is 4.98 Å². The van der Waals surface area contributed by atoms with E-state index in [-0.39, 0.29) is 17.7 Å². The minimum atomic E-state index is -4.61. The Morgan fingerprint density at radius 2 is 1.74 bits per heavy atom. The molecule has 2 rings (SSSR count). The molecule has 2 aromatic rings. The molecule has 0 aliphatic carbocycles. The third-order valence-electron chi connectivity index (χ3n) is 3.50. The lowest BCUT2D eigenvalue weighted by Gasteiger charge is -2.27. The summed E-state index contributed by atoms with van der Waals surface area (Å²) in [6.45, 7) is 3.60. The van der Waals surface area contributed by atoms with Crippen LogP contribution in [0.15, 0.2) is 41.2 Å². The summed E-state index contributed by atoms with van der Waals surface area (Å²) in [6.07, 6.45) is -4.61. The van der Waals surface area contributed by atoms with Crippen LogP contribution in [0.1, 0.15) is 25.0 Å². The average molecular weight is 328 g/mol. The van der Waals surface area contributed by atoms with Crippen molar-refractivity contribution in [3.05, 3.63) is 63.7 Å². The lowest BCUT2D eigenvalue weighted by Crippen LogP contribution is -2.29. The minimum Gasteiger partial charge on any atom is -0.371 e. The van der Waals surface area contributed by atoms with Crippen molar-refractivity contribution in [1.29, 1.82) is 0 Å². The van der Waals surface area contributed by atoms with Crippen LogP contribution in [0, 0.1) is 5.82 Å². The Labute approximate surface area is 130 Å². The largest absolute Gasteiger partial charge is 0.416 e. The molecule has 0 radical (unpaired) electrons. The van der Waals surface area contributed by atoms with Crippen molar-refractivity contribution in [3.63, 3.8) is 0 Å². The van der Waals surface area contributed by atoms with Crippen molar-refractivity contribution in [2.45, 2.75) is 25.4 Å². The van der Waals surface area contributed by atoms with Crippen molar-refractivity contribution in [2.24, 2.45) is 0 Å². The molecule has 0 fully saturated rings. The molecule has 124 valence electrons. The summed E-state index contributed by atoms with van der Waals surface area (Å²) in [7, 11) is 0. The fourth-order valence-electron chi connectivity index (χ4n) is 2.11. The van der Waals surface area contributed by atoms with Crippen LogP contribution >= 0.6 is 0 Å². The van der Waals surface area contributed by atoms with E-state index in [1.807, 2.05) is 0 Å². The maximum atomic E-state index is 13.5. The normalized spacial score (nSPS) is 12.3. The van der Waals surface area contributed by atoms with E-state index in [4.69, 9.17) is 0 Å². The van der Waals surface area contributed by atoms with Crippen LogP contribution < -0.4 is 10.9 Å². The number of hydrogen-bond acceptors (Lipinski definition) is 2. The number of H-pyrrole nitrogens is 1. The predicted molar refractivity (Wildman–Crippen MR) is 80.0 cm³/mol. The first-order valence-electron chi connectivity index (χ1n) is 6.89. The van der Waals surface area contributed by atoms with Gasteiger partial charge in [-0.3, -0.25) is 4.79 Å². The molecule has 0 bridgehead atoms. The van der Waals surface area contributed by atoms with E-state index in [2.05, 4.69) is 10.3 Å². The molecule has 2 N–H and O–H groups in total. The van der Waals surface area contributed by atoms with Gasteiger partial charge in [-0.25, -0.2) is 4.39 Å². The summed E-state index contributed by atoms with van der Waals surface area (Å²) < 4.78 is 52.0. The van der Waals surface area contributed by atoms with Crippen LogP contribution in [0.2, 0.25) is 0 Å². The van der Waals surface area contributed by atoms with Crippen molar-refractivity contribution < 1.29 is 17.6 Å². The second-order valence-corrected chi connectivity index (χ2v) is 5.89. The van der Waals surface area contributed by atoms with Gasteiger partial charge >= 0.3 is 6.18 Å². The highest BCUT2D eigenvalue weighted by atomic mass is 19.4. The summed E-state index contributed by atoms with van der Waals surface area (Å²) in [6, 6.07) is 7.03. The third-order valence-corrected chi connectivity index (χ3v) is 3.50. The van der Waals surface area contributed by atoms with Gasteiger partial charge in [0, 0.05) is 18.0 Å². The first-order chi connectivity index (χ1) is 10.6. The van der Waals surface area contributed by atoms with Gasteiger partial charge in [-0.05, 0) is 29.8 Å². The molecule has 0 aliphatic rings. The molecule has 0 aliphatic heterocycles. The van der Waals surface area contributed by atoms with Gasteiger partial charge in [0.05, 0.1) is 5.56 Å². The van der Waals surface area contributed by atoms with Gasteiger partial charge in [-0.15, -0.1) is 0 Å². The van der Waals surface area contributed by atoms with Gasteiger partial charge in [0.2, 0.25) is 5.56 Å². The molecule has 0 amide bonds. The molecule has 1 aromatic heterocycles. The predicted octanol–water partition coefficient (Wildman–Crippen LogP) is 3.92. The van der Waals surface area contributed by atoms with Gasteiger partial charge in [0.25, 0.3) is 0 Å². The number of aromatic nitrogens is 1. The van der Waals surface area contributed by atoms with Crippen LogP contribution in [-0.4, -0.2) is 11.5 Å². The molecule has 1 heterocycles. The number of alkyl halides is 3. The van der Waals surface area contributed by atoms with Crippen LogP contribution in [0.5, 0.6) is 0 Å². The highest BCUT2D eigenvalue weighted by Gasteiger charge is 2.33. The second-order valence-electron chi connectivity index (χ2n) is 5.89. The molecular weight excluding hydrogens is 312 g/mol. The Kier molecular flexibility index (Phi) is 4.49. The first-order valence-corrected chi connectivity index (χ1v) is 6.89. The Balaban J connectivity index is 2.25. The van der Waals surface area contributed by atoms with E-state index in [0.717, 1.165) is 12.1 Å². The zero-order valence-electron chi connectivity index (χ0n) is 12.6. The highest BCUT2D eigenvalue weighted by molar-refractivity contribution is 5.37. The Morgan fingerprint density at radius 3 is 2.35 bits per heavy atom. The quantitative estimate of drug-likeness (QED) is 0.836. The lowest BCUT2D eigenvalue weighted by molar-refractivity contribution is -0.137. The number of hydrogen-bond donors (Lipinski definition) is 2. The summed E-state index contributed by atoms with van der Waals surface area (Å²) in [5.74, 6) is -0.492. The number of pyridine rings is 1. The summed E-state index contributed by atoms with van der Waals surface area (Å²) in [4.78, 5) is 13.8. The van der Waals surface area contributed by atoms with E-state index in [1.54, 1.807) is 26.0 Å². The molecule has 23 heavy (non-hydrogen) atoms. The number of benzene rings is 1. The Hall–Kier alpha value is -2.31. The molecule has 0 atom stereocenters. The number of nitrogens with one attached hydrogen (secondary N) is 2. The molecule has 0 spiro atoms. The van der Waals surface area contributed by atoms with E-state index in [1.165, 1.54) is 6.07 Å². The monoisotopic (exact) mass is 328 g/mol. The van der Waals surface area contributed by atoms with Gasteiger partial charge in [0.15, 0.2) is 0 Å². The SMILES string of the molecule is CC(C)(CNc1cccc(=O)[nH]1)c1cc(F)cc(C(F)(F)F)c1. The molecular formula is C16H16F4N2O. The van der Waals surface area contributed by atoms with Crippen LogP contribution in [0.25, 0.3) is 0 Å². The van der Waals surface area contributed by atoms with Crippen molar-refractivity contribution in [2.75, 3.05) is 11.9 Å². The van der Waals surface area contributed by atoms with Gasteiger partial charge in [-0.2, -0.15) is 13.2 Å². The maximum absolute atomic E-state index is 13.5. The Morgan fingerprint density at radius 1 is 1.09 bits per heavy atom. The summed E-state index contributed by atoms with van der Waals surface area (Å²) in [5, 5.41) is 2.94. The van der Waals surface area contributed by atoms with E-state index < -0.39 is 23.0 Å². The van der Waals surface area contributed by atoms with Crippen molar-refractivity contribution in [3.8, 4) is 0 Å². The summed E-state index contributed by atoms with van der Waals surface area (Å²) >= 11 is 0. The number of aromatic amines is 1. The van der Waals surface area contributed by atoms with Crippen LogP contribution in [0.3, 0.4) is 0 Å².